The molecule has 208 valence electrons. The highest BCUT2D eigenvalue weighted by Gasteiger charge is 2.40. The van der Waals surface area contributed by atoms with Gasteiger partial charge in [-0.05, 0) is 48.5 Å². The summed E-state index contributed by atoms with van der Waals surface area (Å²) >= 11 is 0. The van der Waals surface area contributed by atoms with Gasteiger partial charge >= 0.3 is 6.18 Å². The van der Waals surface area contributed by atoms with Gasteiger partial charge in [-0.1, -0.05) is 18.2 Å². The molecule has 1 heterocycles. The molecular weight excluding hydrogens is 523 g/mol. The van der Waals surface area contributed by atoms with Crippen molar-refractivity contribution in [1.29, 1.82) is 0 Å². The zero-order chi connectivity index (χ0) is 28.6. The summed E-state index contributed by atoms with van der Waals surface area (Å²) in [4.78, 5) is 1.77. The third-order valence-electron chi connectivity index (χ3n) is 7.05. The van der Waals surface area contributed by atoms with Gasteiger partial charge in [0, 0.05) is 22.8 Å². The Morgan fingerprint density at radius 3 is 1.45 bits per heavy atom. The molecule has 1 aliphatic rings. The van der Waals surface area contributed by atoms with Crippen LogP contribution in [0.1, 0.15) is 28.2 Å². The Morgan fingerprint density at radius 2 is 1.02 bits per heavy atom. The molecule has 0 radical (unpaired) electrons. The Morgan fingerprint density at radius 1 is 0.575 bits per heavy atom. The monoisotopic (exact) mass is 551 g/mol. The second-order valence-corrected chi connectivity index (χ2v) is 9.05. The molecule has 0 aromatic heterocycles. The number of fused-ring (bicyclic) bond motifs is 2. The van der Waals surface area contributed by atoms with E-state index in [1.807, 2.05) is 42.5 Å². The number of methoxy groups -OCH3 is 5. The normalized spacial score (nSPS) is 12.8. The number of halogens is 3. The van der Waals surface area contributed by atoms with Gasteiger partial charge in [0.2, 0.25) is 0 Å². The van der Waals surface area contributed by atoms with Gasteiger partial charge in [0.15, 0.2) is 0 Å². The lowest BCUT2D eigenvalue weighted by atomic mass is 9.78. The van der Waals surface area contributed by atoms with Gasteiger partial charge in [-0.3, -0.25) is 0 Å². The van der Waals surface area contributed by atoms with Crippen LogP contribution in [0.2, 0.25) is 0 Å². The second-order valence-electron chi connectivity index (χ2n) is 9.05. The Bertz CT molecular complexity index is 1480. The first-order valence-corrected chi connectivity index (χ1v) is 12.4. The summed E-state index contributed by atoms with van der Waals surface area (Å²) < 4.78 is 70.6. The number of rotatable bonds is 7. The molecule has 5 rings (SSSR count). The molecule has 6 nitrogen and oxygen atoms in total. The minimum atomic E-state index is -4.58. The van der Waals surface area contributed by atoms with Crippen molar-refractivity contribution in [2.24, 2.45) is 0 Å². The van der Waals surface area contributed by atoms with Crippen LogP contribution in [0.3, 0.4) is 0 Å². The summed E-state index contributed by atoms with van der Waals surface area (Å²) in [6.07, 6.45) is -4.58. The summed E-state index contributed by atoms with van der Waals surface area (Å²) in [5.74, 6) is 1.78. The van der Waals surface area contributed by atoms with E-state index in [2.05, 4.69) is 0 Å². The lowest BCUT2D eigenvalue weighted by molar-refractivity contribution is -0.137. The first kappa shape index (κ1) is 27.1. The molecule has 0 spiro atoms. The fourth-order valence-electron chi connectivity index (χ4n) is 5.39. The van der Waals surface area contributed by atoms with Gasteiger partial charge in [-0.15, -0.1) is 0 Å². The topological polar surface area (TPSA) is 49.4 Å². The van der Waals surface area contributed by atoms with Crippen molar-refractivity contribution >= 4 is 17.1 Å². The summed E-state index contributed by atoms with van der Waals surface area (Å²) in [5.41, 5.74) is 2.83. The van der Waals surface area contributed by atoms with E-state index in [1.54, 1.807) is 51.5 Å². The van der Waals surface area contributed by atoms with Crippen LogP contribution < -0.4 is 28.6 Å². The highest BCUT2D eigenvalue weighted by molar-refractivity contribution is 5.89. The smallest absolute Gasteiger partial charge is 0.416 e. The third-order valence-corrected chi connectivity index (χ3v) is 7.05. The lowest BCUT2D eigenvalue weighted by Gasteiger charge is -2.40. The van der Waals surface area contributed by atoms with Crippen molar-refractivity contribution in [1.82, 2.24) is 0 Å². The minimum Gasteiger partial charge on any atom is -0.497 e. The van der Waals surface area contributed by atoms with E-state index in [0.29, 0.717) is 45.5 Å². The molecular formula is C31H28F3NO5. The molecule has 40 heavy (non-hydrogen) atoms. The lowest BCUT2D eigenvalue weighted by Crippen LogP contribution is -2.24. The van der Waals surface area contributed by atoms with Crippen LogP contribution in [-0.4, -0.2) is 35.5 Å². The fourth-order valence-corrected chi connectivity index (χ4v) is 5.39. The Hall–Kier alpha value is -4.53. The van der Waals surface area contributed by atoms with E-state index in [0.717, 1.165) is 17.7 Å². The molecule has 4 aromatic carbocycles. The standard InChI is InChI=1S/C31H28F3NO5/c1-36-20-16-18(31(32,33)34)15-19(17-20)35-21-9-6-11-23(37-2)27(21)30(28-22(35)10-7-12-24(28)38-3)29-25(39-4)13-8-14-26(29)40-5/h6-17,30H,1-5H3. The number of anilines is 3. The second kappa shape index (κ2) is 10.6. The zero-order valence-electron chi connectivity index (χ0n) is 22.6. The van der Waals surface area contributed by atoms with Crippen molar-refractivity contribution in [3.05, 3.63) is 95.1 Å². The average Bonchev–Trinajstić information content (AvgIpc) is 2.97. The molecule has 0 unspecified atom stereocenters. The predicted octanol–water partition coefficient (Wildman–Crippen LogP) is 7.71. The van der Waals surface area contributed by atoms with Gasteiger partial charge in [-0.2, -0.15) is 13.2 Å². The first-order chi connectivity index (χ1) is 19.3. The van der Waals surface area contributed by atoms with E-state index in [1.165, 1.54) is 7.11 Å². The zero-order valence-corrected chi connectivity index (χ0v) is 22.6. The number of hydrogen-bond acceptors (Lipinski definition) is 6. The van der Waals surface area contributed by atoms with Gasteiger partial charge in [0.25, 0.3) is 0 Å². The van der Waals surface area contributed by atoms with Crippen molar-refractivity contribution in [3.63, 3.8) is 0 Å². The molecule has 0 amide bonds. The molecule has 0 saturated heterocycles. The largest absolute Gasteiger partial charge is 0.497 e. The number of alkyl halides is 3. The van der Waals surface area contributed by atoms with Crippen LogP contribution in [0.15, 0.2) is 72.8 Å². The van der Waals surface area contributed by atoms with Crippen LogP contribution in [0.5, 0.6) is 28.7 Å². The van der Waals surface area contributed by atoms with Crippen LogP contribution >= 0.6 is 0 Å². The van der Waals surface area contributed by atoms with Gasteiger partial charge < -0.3 is 28.6 Å². The van der Waals surface area contributed by atoms with E-state index in [-0.39, 0.29) is 11.4 Å². The first-order valence-electron chi connectivity index (χ1n) is 12.4. The fraction of sp³-hybridized carbons (Fsp3) is 0.226. The number of benzene rings is 4. The van der Waals surface area contributed by atoms with Crippen molar-refractivity contribution in [3.8, 4) is 28.7 Å². The van der Waals surface area contributed by atoms with E-state index >= 15 is 0 Å². The van der Waals surface area contributed by atoms with Crippen LogP contribution in [0, 0.1) is 0 Å². The van der Waals surface area contributed by atoms with Crippen molar-refractivity contribution < 1.29 is 36.9 Å². The predicted molar refractivity (Wildman–Crippen MR) is 146 cm³/mol. The summed E-state index contributed by atoms with van der Waals surface area (Å²) in [7, 11) is 7.61. The Labute approximate surface area is 230 Å². The van der Waals surface area contributed by atoms with Crippen molar-refractivity contribution in [2.45, 2.75) is 12.1 Å². The highest BCUT2D eigenvalue weighted by Crippen LogP contribution is 2.59. The quantitative estimate of drug-likeness (QED) is 0.207. The van der Waals surface area contributed by atoms with E-state index < -0.39 is 17.7 Å². The number of ether oxygens (including phenoxy) is 5. The SMILES string of the molecule is COc1cc(N2c3cccc(OC)c3C(c3c(OC)cccc3OC)c3c(OC)cccc32)cc(C(F)(F)F)c1. The van der Waals surface area contributed by atoms with Gasteiger partial charge in [0.1, 0.15) is 28.7 Å². The summed E-state index contributed by atoms with van der Waals surface area (Å²) in [6, 6.07) is 20.1. The maximum Gasteiger partial charge on any atom is 0.416 e. The molecule has 0 fully saturated rings. The average molecular weight is 552 g/mol. The number of nitrogens with zero attached hydrogens (tertiary/aromatic N) is 1. The molecule has 4 aromatic rings. The highest BCUT2D eigenvalue weighted by atomic mass is 19.4. The van der Waals surface area contributed by atoms with E-state index in [9.17, 15) is 13.2 Å². The minimum absolute atomic E-state index is 0.0761. The molecule has 0 bridgehead atoms. The maximum absolute atomic E-state index is 14.0. The number of hydrogen-bond donors (Lipinski definition) is 0. The van der Waals surface area contributed by atoms with Gasteiger partial charge in [-0.25, -0.2) is 0 Å². The van der Waals surface area contributed by atoms with Crippen LogP contribution in [-0.2, 0) is 6.18 Å². The van der Waals surface area contributed by atoms with Crippen LogP contribution in [0.25, 0.3) is 0 Å². The molecule has 1 aliphatic heterocycles. The van der Waals surface area contributed by atoms with Gasteiger partial charge in [0.05, 0.1) is 64.1 Å². The molecule has 0 atom stereocenters. The Balaban J connectivity index is 1.92. The van der Waals surface area contributed by atoms with Crippen molar-refractivity contribution in [2.75, 3.05) is 40.4 Å². The molecule has 9 heteroatoms. The summed E-state index contributed by atoms with van der Waals surface area (Å²) in [5, 5.41) is 0. The molecule has 0 N–H and O–H groups in total. The maximum atomic E-state index is 14.0. The third kappa shape index (κ3) is 4.41. The Kier molecular flexibility index (Phi) is 7.14. The van der Waals surface area contributed by atoms with E-state index in [4.69, 9.17) is 23.7 Å². The van der Waals surface area contributed by atoms with Crippen LogP contribution in [0.4, 0.5) is 30.2 Å². The molecule has 0 saturated carbocycles. The molecule has 0 aliphatic carbocycles. The summed E-state index contributed by atoms with van der Waals surface area (Å²) in [6.45, 7) is 0.